The van der Waals surface area contributed by atoms with Crippen molar-refractivity contribution in [2.24, 2.45) is 0 Å². The van der Waals surface area contributed by atoms with Crippen LogP contribution in [0, 0.1) is 0 Å². The van der Waals surface area contributed by atoms with Crippen LogP contribution in [0.1, 0.15) is 34.1 Å². The van der Waals surface area contributed by atoms with Crippen molar-refractivity contribution in [3.63, 3.8) is 0 Å². The molecule has 0 aromatic heterocycles. The van der Waals surface area contributed by atoms with Gasteiger partial charge in [0, 0.05) is 43.7 Å². The van der Waals surface area contributed by atoms with E-state index in [1.165, 1.54) is 25.1 Å². The third kappa shape index (κ3) is 5.66. The zero-order valence-corrected chi connectivity index (χ0v) is 19.4. The Labute approximate surface area is 192 Å². The molecule has 170 valence electrons. The van der Waals surface area contributed by atoms with E-state index in [2.05, 4.69) is 5.32 Å². The zero-order valence-electron chi connectivity index (χ0n) is 17.8. The summed E-state index contributed by atoms with van der Waals surface area (Å²) in [5.74, 6) is -0.358. The van der Waals surface area contributed by atoms with Gasteiger partial charge in [-0.15, -0.1) is 0 Å². The van der Waals surface area contributed by atoms with Gasteiger partial charge in [-0.05, 0) is 55.8 Å². The first kappa shape index (κ1) is 23.7. The van der Waals surface area contributed by atoms with E-state index < -0.39 is 9.84 Å². The van der Waals surface area contributed by atoms with Crippen molar-refractivity contribution in [2.45, 2.75) is 18.2 Å². The minimum Gasteiger partial charge on any atom is -0.337 e. The number of anilines is 1. The Balaban J connectivity index is 1.63. The van der Waals surface area contributed by atoms with E-state index in [1.54, 1.807) is 34.1 Å². The molecule has 2 aromatic rings. The zero-order chi connectivity index (χ0) is 23.5. The molecule has 1 aliphatic rings. The van der Waals surface area contributed by atoms with Gasteiger partial charge in [-0.1, -0.05) is 11.6 Å². The maximum absolute atomic E-state index is 12.9. The molecule has 32 heavy (non-hydrogen) atoms. The van der Waals surface area contributed by atoms with Crippen LogP contribution >= 0.6 is 11.6 Å². The monoisotopic (exact) mass is 477 g/mol. The molecule has 1 heterocycles. The summed E-state index contributed by atoms with van der Waals surface area (Å²) in [6, 6.07) is 10.4. The van der Waals surface area contributed by atoms with Crippen LogP contribution in [-0.2, 0) is 9.84 Å². The Morgan fingerprint density at radius 1 is 0.938 bits per heavy atom. The number of amides is 3. The van der Waals surface area contributed by atoms with Crippen LogP contribution in [0.5, 0.6) is 0 Å². The van der Waals surface area contributed by atoms with E-state index in [9.17, 15) is 22.8 Å². The van der Waals surface area contributed by atoms with Crippen molar-refractivity contribution in [2.75, 3.05) is 37.8 Å². The SMILES string of the molecule is CC(=O)c1ccc(NC(=O)N2CCCN(C(=O)c3ccc(S(C)(=O)=O)cc3Cl)CC2)cc1. The van der Waals surface area contributed by atoms with E-state index in [-0.39, 0.29) is 33.2 Å². The van der Waals surface area contributed by atoms with Gasteiger partial charge in [-0.25, -0.2) is 13.2 Å². The van der Waals surface area contributed by atoms with Gasteiger partial charge in [0.05, 0.1) is 15.5 Å². The lowest BCUT2D eigenvalue weighted by Crippen LogP contribution is -2.39. The number of rotatable bonds is 4. The van der Waals surface area contributed by atoms with Gasteiger partial charge in [0.1, 0.15) is 0 Å². The van der Waals surface area contributed by atoms with Crippen LogP contribution in [0.15, 0.2) is 47.4 Å². The van der Waals surface area contributed by atoms with Crippen LogP contribution in [0.3, 0.4) is 0 Å². The molecule has 1 saturated heterocycles. The average Bonchev–Trinajstić information content (AvgIpc) is 2.99. The normalized spacial score (nSPS) is 14.6. The highest BCUT2D eigenvalue weighted by atomic mass is 35.5. The number of carbonyl (C=O) groups is 3. The third-order valence-corrected chi connectivity index (χ3v) is 6.64. The summed E-state index contributed by atoms with van der Waals surface area (Å²) in [7, 11) is -3.43. The van der Waals surface area contributed by atoms with Crippen molar-refractivity contribution < 1.29 is 22.8 Å². The first-order valence-electron chi connectivity index (χ1n) is 10.0. The van der Waals surface area contributed by atoms with Crippen LogP contribution < -0.4 is 5.32 Å². The second kappa shape index (κ2) is 9.70. The molecule has 3 amide bonds. The molecule has 0 radical (unpaired) electrons. The van der Waals surface area contributed by atoms with Crippen molar-refractivity contribution in [3.8, 4) is 0 Å². The summed E-state index contributed by atoms with van der Waals surface area (Å²) in [6.07, 6.45) is 1.66. The molecule has 10 heteroatoms. The Kier molecular flexibility index (Phi) is 7.20. The lowest BCUT2D eigenvalue weighted by atomic mass is 10.1. The predicted octanol–water partition coefficient (Wildman–Crippen LogP) is 3.33. The van der Waals surface area contributed by atoms with Crippen molar-refractivity contribution in [1.82, 2.24) is 9.80 Å². The topological polar surface area (TPSA) is 104 Å². The number of nitrogens with zero attached hydrogens (tertiary/aromatic N) is 2. The van der Waals surface area contributed by atoms with Gasteiger partial charge in [0.15, 0.2) is 15.6 Å². The first-order valence-corrected chi connectivity index (χ1v) is 12.3. The van der Waals surface area contributed by atoms with Gasteiger partial charge in [0.2, 0.25) is 0 Å². The highest BCUT2D eigenvalue weighted by Gasteiger charge is 2.25. The van der Waals surface area contributed by atoms with E-state index >= 15 is 0 Å². The fourth-order valence-electron chi connectivity index (χ4n) is 3.38. The maximum Gasteiger partial charge on any atom is 0.321 e. The van der Waals surface area contributed by atoms with E-state index in [4.69, 9.17) is 11.6 Å². The Hall–Kier alpha value is -2.91. The number of nitrogens with one attached hydrogen (secondary N) is 1. The molecule has 0 aliphatic carbocycles. The Morgan fingerprint density at radius 2 is 1.56 bits per heavy atom. The quantitative estimate of drug-likeness (QED) is 0.680. The number of hydrogen-bond acceptors (Lipinski definition) is 5. The van der Waals surface area contributed by atoms with Crippen molar-refractivity contribution >= 4 is 44.8 Å². The highest BCUT2D eigenvalue weighted by molar-refractivity contribution is 7.90. The first-order chi connectivity index (χ1) is 15.1. The van der Waals surface area contributed by atoms with Crippen LogP contribution in [0.25, 0.3) is 0 Å². The average molecular weight is 478 g/mol. The smallest absolute Gasteiger partial charge is 0.321 e. The van der Waals surface area contributed by atoms with Crippen LogP contribution in [0.4, 0.5) is 10.5 Å². The van der Waals surface area contributed by atoms with E-state index in [0.29, 0.717) is 43.9 Å². The van der Waals surface area contributed by atoms with Gasteiger partial charge in [0.25, 0.3) is 5.91 Å². The maximum atomic E-state index is 12.9. The molecule has 2 aromatic carbocycles. The van der Waals surface area contributed by atoms with Crippen molar-refractivity contribution in [3.05, 3.63) is 58.6 Å². The number of hydrogen-bond donors (Lipinski definition) is 1. The highest BCUT2D eigenvalue weighted by Crippen LogP contribution is 2.23. The Bertz CT molecular complexity index is 1150. The van der Waals surface area contributed by atoms with Gasteiger partial charge >= 0.3 is 6.03 Å². The van der Waals surface area contributed by atoms with Gasteiger partial charge in [-0.3, -0.25) is 9.59 Å². The minimum absolute atomic E-state index is 0.0498. The van der Waals surface area contributed by atoms with Crippen molar-refractivity contribution in [1.29, 1.82) is 0 Å². The molecule has 0 atom stereocenters. The second-order valence-electron chi connectivity index (χ2n) is 7.61. The molecule has 0 unspecified atom stereocenters. The molecule has 3 rings (SSSR count). The number of sulfone groups is 1. The summed E-state index contributed by atoms with van der Waals surface area (Å²) >= 11 is 6.18. The van der Waals surface area contributed by atoms with E-state index in [0.717, 1.165) is 6.26 Å². The Morgan fingerprint density at radius 3 is 2.16 bits per heavy atom. The molecule has 1 fully saturated rings. The third-order valence-electron chi connectivity index (χ3n) is 5.21. The van der Waals surface area contributed by atoms with E-state index in [1.807, 2.05) is 0 Å². The second-order valence-corrected chi connectivity index (χ2v) is 10.0. The summed E-state index contributed by atoms with van der Waals surface area (Å²) < 4.78 is 23.4. The number of benzene rings is 2. The fraction of sp³-hybridized carbons (Fsp3) is 0.318. The summed E-state index contributed by atoms with van der Waals surface area (Å²) in [4.78, 5) is 40.2. The number of Topliss-reactive ketones (excluding diaryl/α,β-unsaturated/α-hetero) is 1. The lowest BCUT2D eigenvalue weighted by molar-refractivity contribution is 0.0762. The molecular weight excluding hydrogens is 454 g/mol. The lowest BCUT2D eigenvalue weighted by Gasteiger charge is -2.23. The van der Waals surface area contributed by atoms with Crippen LogP contribution in [-0.4, -0.2) is 68.4 Å². The molecular formula is C22H24ClN3O5S. The number of carbonyl (C=O) groups excluding carboxylic acids is 3. The van der Waals surface area contributed by atoms with Gasteiger partial charge < -0.3 is 15.1 Å². The summed E-state index contributed by atoms with van der Waals surface area (Å²) in [6.45, 7) is 3.05. The summed E-state index contributed by atoms with van der Waals surface area (Å²) in [5, 5.41) is 2.88. The molecule has 8 nitrogen and oxygen atoms in total. The standard InChI is InChI=1S/C22H24ClN3O5S/c1-15(27)16-4-6-17(7-5-16)24-22(29)26-11-3-10-25(12-13-26)21(28)19-9-8-18(14-20(19)23)32(2,30)31/h4-9,14H,3,10-13H2,1-2H3,(H,24,29). The number of halogens is 1. The molecule has 0 bridgehead atoms. The largest absolute Gasteiger partial charge is 0.337 e. The minimum atomic E-state index is -3.43. The fourth-order valence-corrected chi connectivity index (χ4v) is 4.36. The molecule has 1 N–H and O–H groups in total. The number of ketones is 1. The number of urea groups is 1. The molecule has 0 spiro atoms. The molecule has 1 aliphatic heterocycles. The summed E-state index contributed by atoms with van der Waals surface area (Å²) in [5.41, 5.74) is 1.37. The predicted molar refractivity (Wildman–Crippen MR) is 122 cm³/mol. The molecule has 0 saturated carbocycles. The van der Waals surface area contributed by atoms with Gasteiger partial charge in [-0.2, -0.15) is 0 Å². The van der Waals surface area contributed by atoms with Crippen LogP contribution in [0.2, 0.25) is 5.02 Å².